The zero-order chi connectivity index (χ0) is 19.2. The summed E-state index contributed by atoms with van der Waals surface area (Å²) < 4.78 is 5.04. The maximum absolute atomic E-state index is 11.8. The van der Waals surface area contributed by atoms with E-state index in [9.17, 15) is 19.8 Å². The van der Waals surface area contributed by atoms with Crippen LogP contribution in [0.1, 0.15) is 31.2 Å². The van der Waals surface area contributed by atoms with Gasteiger partial charge in [-0.2, -0.15) is 0 Å². The first-order valence-electron chi connectivity index (χ1n) is 8.81. The number of hydrogen-bond donors (Lipinski definition) is 5. The third-order valence-electron chi connectivity index (χ3n) is 3.78. The molecule has 6 N–H and O–H groups in total. The van der Waals surface area contributed by atoms with Crippen molar-refractivity contribution in [3.63, 3.8) is 0 Å². The van der Waals surface area contributed by atoms with Crippen molar-refractivity contribution >= 4 is 12.1 Å². The number of carboxylic acid groups (broad SMARTS) is 1. The minimum atomic E-state index is -1.09. The van der Waals surface area contributed by atoms with Gasteiger partial charge in [-0.1, -0.05) is 30.3 Å². The molecule has 0 aliphatic rings. The Balaban J connectivity index is 2.20. The third kappa shape index (κ3) is 9.97. The molecule has 0 aliphatic heterocycles. The standard InChI is InChI=1S/C18H29N3O5/c19-10-9-15(22)12-20-11-5-4-8-16(17(23)24)21-18(25)26-13-14-6-2-1-3-7-14/h1-3,6-7,15-16,20,22H,4-5,8-13,19H2,(H,21,25)(H,23,24)/t15-,16+/m1/s1. The number of carbonyl (C=O) groups is 2. The summed E-state index contributed by atoms with van der Waals surface area (Å²) in [5.74, 6) is -1.09. The van der Waals surface area contributed by atoms with Crippen LogP contribution in [0.5, 0.6) is 0 Å². The quantitative estimate of drug-likeness (QED) is 0.326. The second-order valence-corrected chi connectivity index (χ2v) is 6.03. The first kappa shape index (κ1) is 21.9. The Hall–Kier alpha value is -2.16. The van der Waals surface area contributed by atoms with E-state index in [0.29, 0.717) is 38.9 Å². The average Bonchev–Trinajstić information content (AvgIpc) is 2.62. The van der Waals surface area contributed by atoms with Gasteiger partial charge in [-0.3, -0.25) is 0 Å². The molecule has 0 spiro atoms. The van der Waals surface area contributed by atoms with Crippen LogP contribution < -0.4 is 16.4 Å². The highest BCUT2D eigenvalue weighted by molar-refractivity contribution is 5.79. The number of ether oxygens (including phenoxy) is 1. The number of aliphatic hydroxyl groups is 1. The Morgan fingerprint density at radius 2 is 1.88 bits per heavy atom. The molecule has 0 bridgehead atoms. The van der Waals surface area contributed by atoms with Crippen molar-refractivity contribution in [3.8, 4) is 0 Å². The predicted octanol–water partition coefficient (Wildman–Crippen LogP) is 0.836. The fourth-order valence-corrected chi connectivity index (χ4v) is 2.33. The van der Waals surface area contributed by atoms with E-state index in [0.717, 1.165) is 12.0 Å². The van der Waals surface area contributed by atoms with Gasteiger partial charge in [0.25, 0.3) is 0 Å². The van der Waals surface area contributed by atoms with E-state index >= 15 is 0 Å². The molecule has 0 saturated heterocycles. The van der Waals surface area contributed by atoms with Crippen molar-refractivity contribution in [2.75, 3.05) is 19.6 Å². The predicted molar refractivity (Wildman–Crippen MR) is 97.6 cm³/mol. The van der Waals surface area contributed by atoms with Gasteiger partial charge in [0.15, 0.2) is 0 Å². The molecule has 26 heavy (non-hydrogen) atoms. The maximum atomic E-state index is 11.8. The van der Waals surface area contributed by atoms with Crippen molar-refractivity contribution in [1.82, 2.24) is 10.6 Å². The molecule has 0 heterocycles. The topological polar surface area (TPSA) is 134 Å². The molecule has 0 aromatic heterocycles. The molecule has 1 amide bonds. The minimum absolute atomic E-state index is 0.0913. The van der Waals surface area contributed by atoms with Gasteiger partial charge >= 0.3 is 12.1 Å². The summed E-state index contributed by atoms with van der Waals surface area (Å²) in [5, 5.41) is 24.2. The summed E-state index contributed by atoms with van der Waals surface area (Å²) in [6.45, 7) is 1.65. The number of hydrogen-bond acceptors (Lipinski definition) is 6. The molecular formula is C18H29N3O5. The SMILES string of the molecule is NCC[C@@H](O)CNCCCC[C@H](NC(=O)OCc1ccccc1)C(=O)O. The Labute approximate surface area is 153 Å². The molecule has 1 rings (SSSR count). The van der Waals surface area contributed by atoms with Gasteiger partial charge in [0.05, 0.1) is 6.10 Å². The zero-order valence-electron chi connectivity index (χ0n) is 14.9. The smallest absolute Gasteiger partial charge is 0.408 e. The number of carbonyl (C=O) groups excluding carboxylic acids is 1. The second kappa shape index (κ2) is 13.1. The largest absolute Gasteiger partial charge is 0.480 e. The van der Waals surface area contributed by atoms with Crippen LogP contribution in [-0.2, 0) is 16.1 Å². The van der Waals surface area contributed by atoms with Crippen molar-refractivity contribution in [2.24, 2.45) is 5.73 Å². The first-order valence-corrected chi connectivity index (χ1v) is 8.81. The minimum Gasteiger partial charge on any atom is -0.480 e. The van der Waals surface area contributed by atoms with Crippen molar-refractivity contribution in [3.05, 3.63) is 35.9 Å². The first-order chi connectivity index (χ1) is 12.5. The maximum Gasteiger partial charge on any atom is 0.408 e. The highest BCUT2D eigenvalue weighted by Gasteiger charge is 2.20. The molecule has 0 saturated carbocycles. The highest BCUT2D eigenvalue weighted by atomic mass is 16.5. The van der Waals surface area contributed by atoms with Crippen LogP contribution in [0.4, 0.5) is 4.79 Å². The number of aliphatic hydroxyl groups excluding tert-OH is 1. The zero-order valence-corrected chi connectivity index (χ0v) is 14.9. The van der Waals surface area contributed by atoms with Gasteiger partial charge < -0.3 is 31.3 Å². The summed E-state index contributed by atoms with van der Waals surface area (Å²) in [7, 11) is 0. The molecule has 0 unspecified atom stereocenters. The van der Waals surface area contributed by atoms with Crippen LogP contribution in [0.25, 0.3) is 0 Å². The molecule has 1 aromatic carbocycles. The Morgan fingerprint density at radius 3 is 2.54 bits per heavy atom. The lowest BCUT2D eigenvalue weighted by Gasteiger charge is -2.15. The molecule has 8 nitrogen and oxygen atoms in total. The van der Waals surface area contributed by atoms with Crippen LogP contribution in [0.2, 0.25) is 0 Å². The van der Waals surface area contributed by atoms with E-state index in [-0.39, 0.29) is 6.61 Å². The van der Waals surface area contributed by atoms with Crippen LogP contribution >= 0.6 is 0 Å². The van der Waals surface area contributed by atoms with E-state index < -0.39 is 24.2 Å². The van der Waals surface area contributed by atoms with E-state index in [1.807, 2.05) is 30.3 Å². The third-order valence-corrected chi connectivity index (χ3v) is 3.78. The fourth-order valence-electron chi connectivity index (χ4n) is 2.33. The van der Waals surface area contributed by atoms with E-state index in [2.05, 4.69) is 10.6 Å². The molecule has 146 valence electrons. The fraction of sp³-hybridized carbons (Fsp3) is 0.556. The second-order valence-electron chi connectivity index (χ2n) is 6.03. The van der Waals surface area contributed by atoms with Crippen LogP contribution in [0, 0.1) is 0 Å². The number of carboxylic acids is 1. The van der Waals surface area contributed by atoms with Gasteiger partial charge in [0.1, 0.15) is 12.6 Å². The number of alkyl carbamates (subject to hydrolysis) is 1. The van der Waals surface area contributed by atoms with Gasteiger partial charge in [-0.05, 0) is 44.3 Å². The monoisotopic (exact) mass is 367 g/mol. The number of benzene rings is 1. The normalized spacial score (nSPS) is 13.0. The lowest BCUT2D eigenvalue weighted by molar-refractivity contribution is -0.139. The Kier molecular flexibility index (Phi) is 11.0. The molecule has 2 atom stereocenters. The number of nitrogens with one attached hydrogen (secondary N) is 2. The molecule has 0 aliphatic carbocycles. The number of amides is 1. The summed E-state index contributed by atoms with van der Waals surface area (Å²) in [4.78, 5) is 23.0. The van der Waals surface area contributed by atoms with Crippen molar-refractivity contribution < 1.29 is 24.5 Å². The Bertz CT molecular complexity index is 527. The molecular weight excluding hydrogens is 338 g/mol. The summed E-state index contributed by atoms with van der Waals surface area (Å²) in [6, 6.07) is 8.18. The van der Waals surface area contributed by atoms with Crippen LogP contribution in [0.15, 0.2) is 30.3 Å². The lowest BCUT2D eigenvalue weighted by atomic mass is 10.1. The Morgan fingerprint density at radius 1 is 1.15 bits per heavy atom. The van der Waals surface area contributed by atoms with Gasteiger partial charge in [-0.15, -0.1) is 0 Å². The van der Waals surface area contributed by atoms with Gasteiger partial charge in [0, 0.05) is 6.54 Å². The van der Waals surface area contributed by atoms with Crippen LogP contribution in [0.3, 0.4) is 0 Å². The molecule has 0 fully saturated rings. The molecule has 1 aromatic rings. The van der Waals surface area contributed by atoms with Crippen molar-refractivity contribution in [2.45, 2.75) is 44.4 Å². The van der Waals surface area contributed by atoms with Crippen LogP contribution in [-0.4, -0.2) is 54.1 Å². The van der Waals surface area contributed by atoms with E-state index in [1.165, 1.54) is 0 Å². The number of unbranched alkanes of at least 4 members (excludes halogenated alkanes) is 1. The van der Waals surface area contributed by atoms with E-state index in [4.69, 9.17) is 10.5 Å². The number of nitrogens with two attached hydrogens (primary N) is 1. The molecule has 8 heteroatoms. The summed E-state index contributed by atoms with van der Waals surface area (Å²) in [6.07, 6.45) is 0.999. The van der Waals surface area contributed by atoms with Gasteiger partial charge in [-0.25, -0.2) is 9.59 Å². The molecule has 0 radical (unpaired) electrons. The average molecular weight is 367 g/mol. The summed E-state index contributed by atoms with van der Waals surface area (Å²) >= 11 is 0. The number of aliphatic carboxylic acids is 1. The van der Waals surface area contributed by atoms with Gasteiger partial charge in [0.2, 0.25) is 0 Å². The van der Waals surface area contributed by atoms with E-state index in [1.54, 1.807) is 0 Å². The highest BCUT2D eigenvalue weighted by Crippen LogP contribution is 2.04. The summed E-state index contributed by atoms with van der Waals surface area (Å²) in [5.41, 5.74) is 6.18. The number of rotatable bonds is 13. The van der Waals surface area contributed by atoms with Crippen molar-refractivity contribution in [1.29, 1.82) is 0 Å². The lowest BCUT2D eigenvalue weighted by Crippen LogP contribution is -2.41.